The molecular weight excluding hydrogens is 314 g/mol. The first kappa shape index (κ1) is 18.2. The molecule has 1 rings (SSSR count). The minimum Gasteiger partial charge on any atom is -0.496 e. The first-order valence-electron chi connectivity index (χ1n) is 6.81. The van der Waals surface area contributed by atoms with E-state index in [2.05, 4.69) is 0 Å². The van der Waals surface area contributed by atoms with E-state index in [9.17, 15) is 8.42 Å². The van der Waals surface area contributed by atoms with Crippen molar-refractivity contribution in [1.29, 1.82) is 0 Å². The Bertz CT molecular complexity index is 521. The minimum atomic E-state index is -3.42. The largest absolute Gasteiger partial charge is 0.496 e. The average molecular weight is 336 g/mol. The number of halogens is 1. The van der Waals surface area contributed by atoms with Crippen molar-refractivity contribution in [3.8, 4) is 5.75 Å². The van der Waals surface area contributed by atoms with Crippen LogP contribution in [-0.2, 0) is 16.6 Å². The fourth-order valence-corrected chi connectivity index (χ4v) is 3.67. The second-order valence-electron chi connectivity index (χ2n) is 4.58. The Morgan fingerprint density at radius 1 is 1.29 bits per heavy atom. The fraction of sp³-hybridized carbons (Fsp3) is 0.571. The van der Waals surface area contributed by atoms with Crippen LogP contribution in [0.2, 0.25) is 0 Å². The van der Waals surface area contributed by atoms with Gasteiger partial charge in [0, 0.05) is 24.5 Å². The maximum Gasteiger partial charge on any atom is 0.214 e. The zero-order chi connectivity index (χ0) is 15.7. The number of alkyl halides is 1. The number of benzene rings is 1. The van der Waals surface area contributed by atoms with Gasteiger partial charge in [-0.25, -0.2) is 8.42 Å². The number of unbranched alkanes of at least 4 members (excludes halogenated alkanes) is 1. The molecule has 0 saturated heterocycles. The standard InChI is InChI=1S/C14H22ClNO4S/c1-20-14-7-3-2-6-13(14)12-16(9-10-17)21(18,19)11-5-4-8-15/h2-3,6-7,17H,4-5,8-12H2,1H3. The molecule has 0 aliphatic rings. The molecule has 0 aromatic heterocycles. The van der Waals surface area contributed by atoms with Gasteiger partial charge in [0.25, 0.3) is 0 Å². The molecule has 0 radical (unpaired) electrons. The summed E-state index contributed by atoms with van der Waals surface area (Å²) in [5.74, 6) is 1.12. The summed E-state index contributed by atoms with van der Waals surface area (Å²) >= 11 is 5.58. The van der Waals surface area contributed by atoms with Crippen LogP contribution in [0.3, 0.4) is 0 Å². The number of rotatable bonds is 10. The van der Waals surface area contributed by atoms with Crippen molar-refractivity contribution < 1.29 is 18.3 Å². The van der Waals surface area contributed by atoms with E-state index in [1.807, 2.05) is 18.2 Å². The summed E-state index contributed by atoms with van der Waals surface area (Å²) in [6.07, 6.45) is 1.17. The van der Waals surface area contributed by atoms with Crippen molar-refractivity contribution >= 4 is 21.6 Å². The predicted molar refractivity (Wildman–Crippen MR) is 84.2 cm³/mol. The number of hydrogen-bond donors (Lipinski definition) is 1. The van der Waals surface area contributed by atoms with Crippen molar-refractivity contribution in [2.24, 2.45) is 0 Å². The number of hydrogen-bond acceptors (Lipinski definition) is 4. The summed E-state index contributed by atoms with van der Waals surface area (Å²) in [7, 11) is -1.87. The van der Waals surface area contributed by atoms with Crippen molar-refractivity contribution in [3.63, 3.8) is 0 Å². The Morgan fingerprint density at radius 3 is 2.62 bits per heavy atom. The van der Waals surface area contributed by atoms with Crippen molar-refractivity contribution in [2.45, 2.75) is 19.4 Å². The van der Waals surface area contributed by atoms with E-state index in [-0.39, 0.29) is 25.4 Å². The number of sulfonamides is 1. The lowest BCUT2D eigenvalue weighted by atomic mass is 10.2. The van der Waals surface area contributed by atoms with Gasteiger partial charge in [-0.15, -0.1) is 11.6 Å². The van der Waals surface area contributed by atoms with Crippen LogP contribution in [0.4, 0.5) is 0 Å². The SMILES string of the molecule is COc1ccccc1CN(CCO)S(=O)(=O)CCCCCl. The molecule has 0 unspecified atom stereocenters. The van der Waals surface area contributed by atoms with Gasteiger partial charge in [-0.3, -0.25) is 0 Å². The van der Waals surface area contributed by atoms with Crippen LogP contribution >= 0.6 is 11.6 Å². The van der Waals surface area contributed by atoms with Crippen molar-refractivity contribution in [3.05, 3.63) is 29.8 Å². The second-order valence-corrected chi connectivity index (χ2v) is 7.05. The fourth-order valence-electron chi connectivity index (χ4n) is 1.96. The quantitative estimate of drug-likeness (QED) is 0.523. The lowest BCUT2D eigenvalue weighted by molar-refractivity contribution is 0.250. The molecule has 0 aliphatic heterocycles. The van der Waals surface area contributed by atoms with Gasteiger partial charge in [0.2, 0.25) is 10.0 Å². The number of ether oxygens (including phenoxy) is 1. The third-order valence-corrected chi connectivity index (χ3v) is 5.24. The van der Waals surface area contributed by atoms with E-state index in [0.717, 1.165) is 5.56 Å². The average Bonchev–Trinajstić information content (AvgIpc) is 2.47. The van der Waals surface area contributed by atoms with Crippen LogP contribution in [-0.4, -0.2) is 49.7 Å². The van der Waals surface area contributed by atoms with Gasteiger partial charge < -0.3 is 9.84 Å². The van der Waals surface area contributed by atoms with Crippen LogP contribution in [0, 0.1) is 0 Å². The summed E-state index contributed by atoms with van der Waals surface area (Å²) in [5, 5.41) is 9.12. The topological polar surface area (TPSA) is 66.8 Å². The molecule has 1 aromatic carbocycles. The van der Waals surface area contributed by atoms with Gasteiger partial charge in [-0.2, -0.15) is 4.31 Å². The highest BCUT2D eigenvalue weighted by Crippen LogP contribution is 2.21. The molecule has 0 heterocycles. The number of nitrogens with zero attached hydrogens (tertiary/aromatic N) is 1. The summed E-state index contributed by atoms with van der Waals surface area (Å²) in [5.41, 5.74) is 0.773. The third kappa shape index (κ3) is 5.82. The second kappa shape index (κ2) is 9.25. The van der Waals surface area contributed by atoms with Gasteiger partial charge in [-0.05, 0) is 18.9 Å². The van der Waals surface area contributed by atoms with Crippen molar-refractivity contribution in [2.75, 3.05) is 31.9 Å². The molecule has 0 fully saturated rings. The van der Waals surface area contributed by atoms with Gasteiger partial charge in [0.05, 0.1) is 19.5 Å². The van der Waals surface area contributed by atoms with E-state index in [1.54, 1.807) is 13.2 Å². The van der Waals surface area contributed by atoms with Crippen LogP contribution in [0.1, 0.15) is 18.4 Å². The summed E-state index contributed by atoms with van der Waals surface area (Å²) in [6, 6.07) is 7.26. The van der Waals surface area contributed by atoms with Crippen LogP contribution < -0.4 is 4.74 Å². The van der Waals surface area contributed by atoms with Crippen molar-refractivity contribution in [1.82, 2.24) is 4.31 Å². The molecule has 0 saturated carbocycles. The third-order valence-electron chi connectivity index (χ3n) is 3.07. The molecule has 120 valence electrons. The lowest BCUT2D eigenvalue weighted by Crippen LogP contribution is -2.35. The highest BCUT2D eigenvalue weighted by molar-refractivity contribution is 7.89. The first-order chi connectivity index (χ1) is 10.0. The molecule has 0 amide bonds. The zero-order valence-corrected chi connectivity index (χ0v) is 13.7. The zero-order valence-electron chi connectivity index (χ0n) is 12.2. The summed E-state index contributed by atoms with van der Waals surface area (Å²) in [6.45, 7) is 0.0406. The number of methoxy groups -OCH3 is 1. The van der Waals surface area contributed by atoms with Crippen LogP contribution in [0.5, 0.6) is 5.75 Å². The van der Waals surface area contributed by atoms with E-state index >= 15 is 0 Å². The minimum absolute atomic E-state index is 0.0366. The van der Waals surface area contributed by atoms with E-state index < -0.39 is 10.0 Å². The Balaban J connectivity index is 2.86. The van der Waals surface area contributed by atoms with E-state index in [1.165, 1.54) is 4.31 Å². The predicted octanol–water partition coefficient (Wildman–Crippen LogP) is 1.84. The van der Waals surface area contributed by atoms with Gasteiger partial charge >= 0.3 is 0 Å². The van der Waals surface area contributed by atoms with Crippen LogP contribution in [0.15, 0.2) is 24.3 Å². The maximum absolute atomic E-state index is 12.3. The monoisotopic (exact) mass is 335 g/mol. The highest BCUT2D eigenvalue weighted by atomic mass is 35.5. The van der Waals surface area contributed by atoms with E-state index in [0.29, 0.717) is 24.5 Å². The molecule has 0 spiro atoms. The molecule has 0 atom stereocenters. The highest BCUT2D eigenvalue weighted by Gasteiger charge is 2.22. The number of aliphatic hydroxyl groups is 1. The Kier molecular flexibility index (Phi) is 8.03. The first-order valence-corrected chi connectivity index (χ1v) is 8.96. The normalized spacial score (nSPS) is 11.8. The Hall–Kier alpha value is -0.820. The molecule has 0 aliphatic carbocycles. The van der Waals surface area contributed by atoms with Gasteiger partial charge in [0.15, 0.2) is 0 Å². The Morgan fingerprint density at radius 2 is 2.00 bits per heavy atom. The molecule has 5 nitrogen and oxygen atoms in total. The molecular formula is C14H22ClNO4S. The smallest absolute Gasteiger partial charge is 0.214 e. The lowest BCUT2D eigenvalue weighted by Gasteiger charge is -2.22. The number of para-hydroxylation sites is 1. The summed E-state index contributed by atoms with van der Waals surface area (Å²) < 4.78 is 31.2. The van der Waals surface area contributed by atoms with Crippen LogP contribution in [0.25, 0.3) is 0 Å². The molecule has 7 heteroatoms. The van der Waals surface area contributed by atoms with E-state index in [4.69, 9.17) is 21.4 Å². The maximum atomic E-state index is 12.3. The number of aliphatic hydroxyl groups excluding tert-OH is 1. The summed E-state index contributed by atoms with van der Waals surface area (Å²) in [4.78, 5) is 0. The van der Waals surface area contributed by atoms with Gasteiger partial charge in [0.1, 0.15) is 5.75 Å². The van der Waals surface area contributed by atoms with Gasteiger partial charge in [-0.1, -0.05) is 18.2 Å². The molecule has 1 aromatic rings. The Labute approximate surface area is 131 Å². The molecule has 21 heavy (non-hydrogen) atoms. The molecule has 0 bridgehead atoms. The molecule has 1 N–H and O–H groups in total.